The molecule has 1 saturated heterocycles. The molecule has 1 amide bonds. The summed E-state index contributed by atoms with van der Waals surface area (Å²) in [5, 5.41) is 5.19. The first-order chi connectivity index (χ1) is 11.3. The third kappa shape index (κ3) is 4.08. The van der Waals surface area contributed by atoms with Gasteiger partial charge in [-0.3, -0.25) is 0 Å². The Morgan fingerprint density at radius 2 is 2.25 bits per heavy atom. The molecular weight excluding hydrogens is 348 g/mol. The van der Waals surface area contributed by atoms with Gasteiger partial charge in [0, 0.05) is 19.1 Å². The van der Waals surface area contributed by atoms with Crippen LogP contribution in [0.25, 0.3) is 10.2 Å². The van der Waals surface area contributed by atoms with E-state index >= 15 is 0 Å². The first-order valence-corrected chi connectivity index (χ1v) is 9.23. The third-order valence-electron chi connectivity index (χ3n) is 3.70. The van der Waals surface area contributed by atoms with Crippen molar-refractivity contribution in [1.29, 1.82) is 0 Å². The summed E-state index contributed by atoms with van der Waals surface area (Å²) >= 11 is 7.66. The zero-order valence-corrected chi connectivity index (χ0v) is 15.6. The molecule has 0 spiro atoms. The average molecular weight is 369 g/mol. The van der Waals surface area contributed by atoms with Crippen LogP contribution in [-0.4, -0.2) is 40.8 Å². The number of carbonyl (C=O) groups excluding carboxylic acids is 1. The number of thiophene rings is 1. The van der Waals surface area contributed by atoms with Crippen LogP contribution >= 0.6 is 22.9 Å². The lowest BCUT2D eigenvalue weighted by atomic mass is 10.1. The number of piperidine rings is 1. The minimum Gasteiger partial charge on any atom is -0.444 e. The number of hydrogen-bond donors (Lipinski definition) is 1. The Kier molecular flexibility index (Phi) is 4.83. The highest BCUT2D eigenvalue weighted by Gasteiger charge is 2.26. The van der Waals surface area contributed by atoms with Crippen LogP contribution in [0.3, 0.4) is 0 Å². The molecule has 0 aromatic carbocycles. The predicted octanol–water partition coefficient (Wildman–Crippen LogP) is 3.84. The maximum Gasteiger partial charge on any atom is 0.407 e. The largest absolute Gasteiger partial charge is 0.444 e. The van der Waals surface area contributed by atoms with Crippen LogP contribution in [0.1, 0.15) is 33.6 Å². The topological polar surface area (TPSA) is 67.3 Å². The van der Waals surface area contributed by atoms with Gasteiger partial charge in [0.2, 0.25) is 5.28 Å². The summed E-state index contributed by atoms with van der Waals surface area (Å²) in [5.41, 5.74) is 0.360. The first kappa shape index (κ1) is 17.2. The van der Waals surface area contributed by atoms with E-state index in [1.807, 2.05) is 32.2 Å². The van der Waals surface area contributed by atoms with Crippen molar-refractivity contribution in [3.05, 3.63) is 16.7 Å². The van der Waals surface area contributed by atoms with E-state index in [9.17, 15) is 4.79 Å². The average Bonchev–Trinajstić information content (AvgIpc) is 2.92. The minimum atomic E-state index is -0.498. The zero-order valence-electron chi connectivity index (χ0n) is 14.0. The molecule has 0 bridgehead atoms. The monoisotopic (exact) mass is 368 g/mol. The predicted molar refractivity (Wildman–Crippen MR) is 97.0 cm³/mol. The molecule has 1 N–H and O–H groups in total. The Bertz CT molecular complexity index is 743. The van der Waals surface area contributed by atoms with Crippen molar-refractivity contribution in [3.63, 3.8) is 0 Å². The molecule has 0 unspecified atom stereocenters. The Balaban J connectivity index is 1.73. The summed E-state index contributed by atoms with van der Waals surface area (Å²) in [4.78, 5) is 22.8. The molecule has 1 aliphatic heterocycles. The fraction of sp³-hybridized carbons (Fsp3) is 0.562. The van der Waals surface area contributed by atoms with E-state index < -0.39 is 5.60 Å². The van der Waals surface area contributed by atoms with Crippen LogP contribution in [0.2, 0.25) is 5.28 Å². The molecule has 0 saturated carbocycles. The van der Waals surface area contributed by atoms with Gasteiger partial charge in [0.25, 0.3) is 0 Å². The first-order valence-electron chi connectivity index (χ1n) is 7.97. The van der Waals surface area contributed by atoms with E-state index in [-0.39, 0.29) is 17.4 Å². The molecule has 130 valence electrons. The SMILES string of the molecule is CC(C)(C)OC(=O)N[C@@H]1CCCN(c2nc(Cl)nc3ccsc23)C1. The highest BCUT2D eigenvalue weighted by molar-refractivity contribution is 7.17. The molecule has 24 heavy (non-hydrogen) atoms. The summed E-state index contributed by atoms with van der Waals surface area (Å²) in [6, 6.07) is 1.97. The number of fused-ring (bicyclic) bond motifs is 1. The van der Waals surface area contributed by atoms with Crippen LogP contribution in [0.4, 0.5) is 10.6 Å². The second kappa shape index (κ2) is 6.72. The van der Waals surface area contributed by atoms with E-state index in [0.29, 0.717) is 6.54 Å². The summed E-state index contributed by atoms with van der Waals surface area (Å²) in [6.07, 6.45) is 1.51. The van der Waals surface area contributed by atoms with Crippen molar-refractivity contribution in [1.82, 2.24) is 15.3 Å². The summed E-state index contributed by atoms with van der Waals surface area (Å²) in [6.45, 7) is 7.13. The standard InChI is InChI=1S/C16H21ClN4O2S/c1-16(2,3)23-15(22)18-10-5-4-7-21(9-10)13-12-11(6-8-24-12)19-14(17)20-13/h6,8,10H,4-5,7,9H2,1-3H3,(H,18,22)/t10-/m1/s1. The molecule has 3 heterocycles. The Morgan fingerprint density at radius 1 is 1.46 bits per heavy atom. The van der Waals surface area contributed by atoms with Gasteiger partial charge in [-0.1, -0.05) is 0 Å². The number of ether oxygens (including phenoxy) is 1. The second-order valence-corrected chi connectivity index (χ2v) is 8.14. The number of nitrogens with one attached hydrogen (secondary N) is 1. The number of carbonyl (C=O) groups is 1. The van der Waals surface area contributed by atoms with Gasteiger partial charge in [0.1, 0.15) is 5.60 Å². The van der Waals surface area contributed by atoms with Crippen molar-refractivity contribution in [2.24, 2.45) is 0 Å². The van der Waals surface area contributed by atoms with Crippen LogP contribution in [0.15, 0.2) is 11.4 Å². The van der Waals surface area contributed by atoms with Gasteiger partial charge in [-0.15, -0.1) is 11.3 Å². The smallest absolute Gasteiger partial charge is 0.407 e. The van der Waals surface area contributed by atoms with Gasteiger partial charge in [-0.05, 0) is 56.7 Å². The van der Waals surface area contributed by atoms with E-state index in [0.717, 1.165) is 35.4 Å². The van der Waals surface area contributed by atoms with Crippen molar-refractivity contribution in [3.8, 4) is 0 Å². The lowest BCUT2D eigenvalue weighted by molar-refractivity contribution is 0.0500. The third-order valence-corrected chi connectivity index (χ3v) is 4.77. The fourth-order valence-corrected chi connectivity index (χ4v) is 3.82. The molecule has 2 aromatic rings. The second-order valence-electron chi connectivity index (χ2n) is 6.88. The summed E-state index contributed by atoms with van der Waals surface area (Å²) in [7, 11) is 0. The summed E-state index contributed by atoms with van der Waals surface area (Å²) in [5.74, 6) is 0.843. The quantitative estimate of drug-likeness (QED) is 0.816. The molecule has 1 atom stereocenters. The minimum absolute atomic E-state index is 0.0253. The maximum absolute atomic E-state index is 12.0. The van der Waals surface area contributed by atoms with E-state index in [4.69, 9.17) is 16.3 Å². The van der Waals surface area contributed by atoms with Crippen molar-refractivity contribution < 1.29 is 9.53 Å². The van der Waals surface area contributed by atoms with Crippen molar-refractivity contribution in [2.75, 3.05) is 18.0 Å². The Labute approximate surface area is 150 Å². The Morgan fingerprint density at radius 3 is 3.00 bits per heavy atom. The van der Waals surface area contributed by atoms with Gasteiger partial charge in [-0.25, -0.2) is 9.78 Å². The molecule has 0 radical (unpaired) electrons. The molecule has 2 aromatic heterocycles. The summed E-state index contributed by atoms with van der Waals surface area (Å²) < 4.78 is 6.37. The van der Waals surface area contributed by atoms with Gasteiger partial charge >= 0.3 is 6.09 Å². The molecule has 1 aliphatic rings. The van der Waals surface area contributed by atoms with Crippen LogP contribution in [0.5, 0.6) is 0 Å². The van der Waals surface area contributed by atoms with Crippen LogP contribution < -0.4 is 10.2 Å². The lowest BCUT2D eigenvalue weighted by Crippen LogP contribution is -2.49. The fourth-order valence-electron chi connectivity index (χ4n) is 2.80. The molecule has 3 rings (SSSR count). The normalized spacial score (nSPS) is 18.7. The molecule has 1 fully saturated rings. The maximum atomic E-state index is 12.0. The van der Waals surface area contributed by atoms with Gasteiger partial charge in [0.05, 0.1) is 10.2 Å². The van der Waals surface area contributed by atoms with Gasteiger partial charge < -0.3 is 15.0 Å². The van der Waals surface area contributed by atoms with E-state index in [1.54, 1.807) is 11.3 Å². The molecule has 8 heteroatoms. The number of halogens is 1. The van der Waals surface area contributed by atoms with Crippen LogP contribution in [0, 0.1) is 0 Å². The van der Waals surface area contributed by atoms with Gasteiger partial charge in [-0.2, -0.15) is 4.98 Å². The zero-order chi connectivity index (χ0) is 17.3. The highest BCUT2D eigenvalue weighted by Crippen LogP contribution is 2.31. The number of anilines is 1. The van der Waals surface area contributed by atoms with Crippen molar-refractivity contribution in [2.45, 2.75) is 45.3 Å². The van der Waals surface area contributed by atoms with Gasteiger partial charge in [0.15, 0.2) is 5.82 Å². The lowest BCUT2D eigenvalue weighted by Gasteiger charge is -2.34. The molecule has 6 nitrogen and oxygen atoms in total. The van der Waals surface area contributed by atoms with Crippen molar-refractivity contribution >= 4 is 45.1 Å². The van der Waals surface area contributed by atoms with E-state index in [1.165, 1.54) is 0 Å². The number of nitrogens with zero attached hydrogens (tertiary/aromatic N) is 3. The molecular formula is C16H21ClN4O2S. The Hall–Kier alpha value is -1.60. The van der Waals surface area contributed by atoms with E-state index in [2.05, 4.69) is 20.2 Å². The number of aromatic nitrogens is 2. The number of hydrogen-bond acceptors (Lipinski definition) is 6. The number of alkyl carbamates (subject to hydrolysis) is 1. The van der Waals surface area contributed by atoms with Crippen LogP contribution in [-0.2, 0) is 4.74 Å². The highest BCUT2D eigenvalue weighted by atomic mass is 35.5. The molecule has 0 aliphatic carbocycles. The number of amides is 1. The number of rotatable bonds is 2.